The van der Waals surface area contributed by atoms with E-state index in [0.717, 1.165) is 23.6 Å². The second kappa shape index (κ2) is 4.10. The monoisotopic (exact) mass is 229 g/mol. The molecule has 0 aromatic heterocycles. The van der Waals surface area contributed by atoms with E-state index in [1.807, 2.05) is 0 Å². The number of hydrogen-bond donors (Lipinski definition) is 1. The van der Waals surface area contributed by atoms with Crippen molar-refractivity contribution in [3.63, 3.8) is 0 Å². The Morgan fingerprint density at radius 1 is 1.20 bits per heavy atom. The zero-order chi connectivity index (χ0) is 10.9. The van der Waals surface area contributed by atoms with Gasteiger partial charge in [0.2, 0.25) is 0 Å². The summed E-state index contributed by atoms with van der Waals surface area (Å²) >= 11 is 1.81. The smallest absolute Gasteiger partial charge is 0.128 e. The van der Waals surface area contributed by atoms with Gasteiger partial charge in [0.1, 0.15) is 11.6 Å². The fourth-order valence-corrected chi connectivity index (χ4v) is 3.11. The van der Waals surface area contributed by atoms with Gasteiger partial charge in [-0.25, -0.2) is 8.78 Å². The van der Waals surface area contributed by atoms with Gasteiger partial charge < -0.3 is 5.73 Å². The highest BCUT2D eigenvalue weighted by molar-refractivity contribution is 7.99. The van der Waals surface area contributed by atoms with Gasteiger partial charge in [-0.2, -0.15) is 11.8 Å². The molecule has 1 aliphatic heterocycles. The van der Waals surface area contributed by atoms with Crippen LogP contribution in [0.3, 0.4) is 0 Å². The Bertz CT molecular complexity index is 362. The average molecular weight is 229 g/mol. The highest BCUT2D eigenvalue weighted by Gasteiger charge is 2.32. The molecular weight excluding hydrogens is 216 g/mol. The molecule has 15 heavy (non-hydrogen) atoms. The minimum absolute atomic E-state index is 0.322. The van der Waals surface area contributed by atoms with Crippen molar-refractivity contribution in [1.82, 2.24) is 0 Å². The minimum Gasteiger partial charge on any atom is -0.321 e. The molecule has 1 aliphatic rings. The lowest BCUT2D eigenvalue weighted by Crippen LogP contribution is -2.41. The van der Waals surface area contributed by atoms with Crippen LogP contribution in [0.15, 0.2) is 18.2 Å². The van der Waals surface area contributed by atoms with Crippen LogP contribution in [0.2, 0.25) is 0 Å². The standard InChI is InChI=1S/C11H13F2NS/c12-8-1-2-10(13)9(7-8)11(14)3-5-15-6-4-11/h1-2,7H,3-6,14H2. The quantitative estimate of drug-likeness (QED) is 0.801. The molecule has 4 heteroatoms. The first kappa shape index (κ1) is 10.9. The largest absolute Gasteiger partial charge is 0.321 e. The third-order valence-electron chi connectivity index (χ3n) is 2.85. The van der Waals surface area contributed by atoms with Crippen LogP contribution in [-0.4, -0.2) is 11.5 Å². The lowest BCUT2D eigenvalue weighted by atomic mass is 9.85. The third kappa shape index (κ3) is 2.16. The Balaban J connectivity index is 2.38. The summed E-state index contributed by atoms with van der Waals surface area (Å²) in [7, 11) is 0. The Morgan fingerprint density at radius 3 is 2.53 bits per heavy atom. The van der Waals surface area contributed by atoms with E-state index >= 15 is 0 Å². The molecule has 0 radical (unpaired) electrons. The number of rotatable bonds is 1. The third-order valence-corrected chi connectivity index (χ3v) is 3.84. The van der Waals surface area contributed by atoms with E-state index in [-0.39, 0.29) is 0 Å². The lowest BCUT2D eigenvalue weighted by molar-refractivity contribution is 0.387. The van der Waals surface area contributed by atoms with E-state index in [9.17, 15) is 8.78 Å². The molecule has 2 rings (SSSR count). The zero-order valence-electron chi connectivity index (χ0n) is 8.30. The van der Waals surface area contributed by atoms with E-state index < -0.39 is 17.2 Å². The van der Waals surface area contributed by atoms with E-state index in [2.05, 4.69) is 0 Å². The molecule has 82 valence electrons. The van der Waals surface area contributed by atoms with Crippen molar-refractivity contribution in [2.75, 3.05) is 11.5 Å². The number of hydrogen-bond acceptors (Lipinski definition) is 2. The van der Waals surface area contributed by atoms with Crippen LogP contribution >= 0.6 is 11.8 Å². The van der Waals surface area contributed by atoms with Crippen molar-refractivity contribution in [2.45, 2.75) is 18.4 Å². The Hall–Kier alpha value is -0.610. The van der Waals surface area contributed by atoms with Crippen LogP contribution in [0.25, 0.3) is 0 Å². The summed E-state index contributed by atoms with van der Waals surface area (Å²) in [5, 5.41) is 0. The molecule has 1 nitrogen and oxygen atoms in total. The number of thioether (sulfide) groups is 1. The number of benzene rings is 1. The first-order chi connectivity index (χ1) is 7.12. The van der Waals surface area contributed by atoms with Crippen molar-refractivity contribution < 1.29 is 8.78 Å². The Labute approximate surface area is 92.0 Å². The second-order valence-corrected chi connectivity index (χ2v) is 5.12. The average Bonchev–Trinajstić information content (AvgIpc) is 2.23. The number of halogens is 2. The van der Waals surface area contributed by atoms with Gasteiger partial charge in [0, 0.05) is 11.1 Å². The molecule has 2 N–H and O–H groups in total. The van der Waals surface area contributed by atoms with Crippen LogP contribution in [0.4, 0.5) is 8.78 Å². The van der Waals surface area contributed by atoms with E-state index in [0.29, 0.717) is 18.4 Å². The number of nitrogens with two attached hydrogens (primary N) is 1. The van der Waals surface area contributed by atoms with Gasteiger partial charge in [0.05, 0.1) is 0 Å². The molecular formula is C11H13F2NS. The molecule has 0 aliphatic carbocycles. The van der Waals surface area contributed by atoms with E-state index in [4.69, 9.17) is 5.73 Å². The molecule has 1 heterocycles. The van der Waals surface area contributed by atoms with Crippen molar-refractivity contribution in [1.29, 1.82) is 0 Å². The van der Waals surface area contributed by atoms with Crippen LogP contribution < -0.4 is 5.73 Å². The van der Waals surface area contributed by atoms with Gasteiger partial charge in [-0.3, -0.25) is 0 Å². The summed E-state index contributed by atoms with van der Waals surface area (Å²) in [5.74, 6) is 0.999. The van der Waals surface area contributed by atoms with Crippen LogP contribution in [0.1, 0.15) is 18.4 Å². The molecule has 1 saturated heterocycles. The molecule has 0 saturated carbocycles. The topological polar surface area (TPSA) is 26.0 Å². The fraction of sp³-hybridized carbons (Fsp3) is 0.455. The molecule has 0 atom stereocenters. The van der Waals surface area contributed by atoms with Gasteiger partial charge in [-0.1, -0.05) is 0 Å². The fourth-order valence-electron chi connectivity index (χ4n) is 1.88. The predicted molar refractivity (Wildman–Crippen MR) is 58.8 cm³/mol. The minimum atomic E-state index is -0.683. The summed E-state index contributed by atoms with van der Waals surface area (Å²) in [6.07, 6.45) is 1.41. The van der Waals surface area contributed by atoms with E-state index in [1.165, 1.54) is 6.07 Å². The zero-order valence-corrected chi connectivity index (χ0v) is 9.12. The summed E-state index contributed by atoms with van der Waals surface area (Å²) in [6, 6.07) is 3.51. The highest BCUT2D eigenvalue weighted by atomic mass is 32.2. The summed E-state index contributed by atoms with van der Waals surface area (Å²) in [4.78, 5) is 0. The van der Waals surface area contributed by atoms with Gasteiger partial charge in [-0.05, 0) is 42.5 Å². The molecule has 1 aromatic carbocycles. The second-order valence-electron chi connectivity index (χ2n) is 3.89. The molecule has 0 spiro atoms. The van der Waals surface area contributed by atoms with Gasteiger partial charge >= 0.3 is 0 Å². The first-order valence-electron chi connectivity index (χ1n) is 4.94. The molecule has 1 fully saturated rings. The normalized spacial score (nSPS) is 20.2. The summed E-state index contributed by atoms with van der Waals surface area (Å²) < 4.78 is 26.6. The van der Waals surface area contributed by atoms with Gasteiger partial charge in [0.15, 0.2) is 0 Å². The molecule has 0 amide bonds. The maximum atomic E-state index is 13.5. The van der Waals surface area contributed by atoms with Crippen molar-refractivity contribution in [3.8, 4) is 0 Å². The molecule has 0 bridgehead atoms. The van der Waals surface area contributed by atoms with E-state index in [1.54, 1.807) is 11.8 Å². The van der Waals surface area contributed by atoms with Crippen LogP contribution in [0, 0.1) is 11.6 Å². The first-order valence-corrected chi connectivity index (χ1v) is 6.09. The Kier molecular flexibility index (Phi) is 2.98. The van der Waals surface area contributed by atoms with Crippen LogP contribution in [0.5, 0.6) is 0 Å². The molecule has 0 unspecified atom stereocenters. The maximum Gasteiger partial charge on any atom is 0.128 e. The van der Waals surface area contributed by atoms with Crippen molar-refractivity contribution in [2.24, 2.45) is 5.73 Å². The maximum absolute atomic E-state index is 13.5. The summed E-state index contributed by atoms with van der Waals surface area (Å²) in [5.41, 5.74) is 5.77. The van der Waals surface area contributed by atoms with Crippen LogP contribution in [-0.2, 0) is 5.54 Å². The summed E-state index contributed by atoms with van der Waals surface area (Å²) in [6.45, 7) is 0. The van der Waals surface area contributed by atoms with Crippen molar-refractivity contribution in [3.05, 3.63) is 35.4 Å². The molecule has 1 aromatic rings. The lowest BCUT2D eigenvalue weighted by Gasteiger charge is -2.33. The predicted octanol–water partition coefficient (Wildman–Crippen LogP) is 2.65. The van der Waals surface area contributed by atoms with Crippen molar-refractivity contribution >= 4 is 11.8 Å². The van der Waals surface area contributed by atoms with Gasteiger partial charge in [-0.15, -0.1) is 0 Å². The Morgan fingerprint density at radius 2 is 1.87 bits per heavy atom. The highest BCUT2D eigenvalue weighted by Crippen LogP contribution is 2.35. The SMILES string of the molecule is NC1(c2cc(F)ccc2F)CCSCC1. The van der Waals surface area contributed by atoms with Gasteiger partial charge in [0.25, 0.3) is 0 Å².